The lowest BCUT2D eigenvalue weighted by Gasteiger charge is -2.31. The summed E-state index contributed by atoms with van der Waals surface area (Å²) in [7, 11) is 0. The van der Waals surface area contributed by atoms with Crippen LogP contribution in [0.1, 0.15) is 45.4 Å². The third-order valence-electron chi connectivity index (χ3n) is 3.65. The Bertz CT molecular complexity index is 494. The highest BCUT2D eigenvalue weighted by Crippen LogP contribution is 2.19. The van der Waals surface area contributed by atoms with Gasteiger partial charge < -0.3 is 13.3 Å². The van der Waals surface area contributed by atoms with E-state index in [9.17, 15) is 8.63 Å². The number of halogens is 2. The van der Waals surface area contributed by atoms with E-state index < -0.39 is 6.90 Å². The van der Waals surface area contributed by atoms with Gasteiger partial charge in [-0.3, -0.25) is 0 Å². The first kappa shape index (κ1) is 15.8. The topological polar surface area (TPSA) is 35.2 Å². The molecule has 0 bridgehead atoms. The summed E-state index contributed by atoms with van der Waals surface area (Å²) in [5.41, 5.74) is 0.349. The Balaban J connectivity index is 1.84. The van der Waals surface area contributed by atoms with Crippen LogP contribution in [-0.4, -0.2) is 19.5 Å². The maximum Gasteiger partial charge on any atom is 0.542 e. The van der Waals surface area contributed by atoms with Crippen molar-refractivity contribution in [2.24, 2.45) is 0 Å². The third kappa shape index (κ3) is 4.44. The molecule has 21 heavy (non-hydrogen) atoms. The number of amidine groups is 1. The van der Waals surface area contributed by atoms with E-state index in [1.807, 2.05) is 0 Å². The lowest BCUT2D eigenvalue weighted by Crippen LogP contribution is -2.78. The van der Waals surface area contributed by atoms with Crippen molar-refractivity contribution in [2.75, 3.05) is 11.9 Å². The molecule has 1 aliphatic heterocycles. The van der Waals surface area contributed by atoms with Gasteiger partial charge in [0.2, 0.25) is 0 Å². The number of rotatable bonds is 7. The predicted octanol–water partition coefficient (Wildman–Crippen LogP) is 2.01. The van der Waals surface area contributed by atoms with Crippen LogP contribution in [0.15, 0.2) is 24.3 Å². The molecule has 2 rings (SSSR count). The lowest BCUT2D eigenvalue weighted by atomic mass is 9.74. The number of benzene rings is 1. The van der Waals surface area contributed by atoms with Crippen molar-refractivity contribution >= 4 is 24.1 Å². The van der Waals surface area contributed by atoms with Gasteiger partial charge >= 0.3 is 12.9 Å². The molecular formula is C15H23BF2N2O. The second-order valence-corrected chi connectivity index (χ2v) is 5.45. The van der Waals surface area contributed by atoms with E-state index in [0.29, 0.717) is 12.2 Å². The number of unbranched alkanes of at least 4 members (excludes halogenated alkanes) is 5. The molecule has 6 heteroatoms. The van der Waals surface area contributed by atoms with Crippen LogP contribution in [0.3, 0.4) is 0 Å². The molecule has 1 aromatic rings. The van der Waals surface area contributed by atoms with E-state index in [1.54, 1.807) is 18.2 Å². The zero-order valence-corrected chi connectivity index (χ0v) is 12.5. The molecule has 0 aliphatic carbocycles. The summed E-state index contributed by atoms with van der Waals surface area (Å²) in [6, 6.07) is 6.42. The molecule has 116 valence electrons. The molecule has 0 spiro atoms. The summed E-state index contributed by atoms with van der Waals surface area (Å²) < 4.78 is 32.6. The number of para-hydroxylation sites is 1. The van der Waals surface area contributed by atoms with Gasteiger partial charge in [-0.2, -0.15) is 0 Å². The van der Waals surface area contributed by atoms with Gasteiger partial charge in [-0.25, -0.2) is 10.3 Å². The van der Waals surface area contributed by atoms with Crippen molar-refractivity contribution in [1.29, 1.82) is 0 Å². The second-order valence-electron chi connectivity index (χ2n) is 5.45. The van der Waals surface area contributed by atoms with Crippen LogP contribution in [0.5, 0.6) is 0 Å². The fourth-order valence-corrected chi connectivity index (χ4v) is 2.46. The van der Waals surface area contributed by atoms with E-state index in [0.717, 1.165) is 12.8 Å². The summed E-state index contributed by atoms with van der Waals surface area (Å²) >= 11 is 0. The summed E-state index contributed by atoms with van der Waals surface area (Å²) in [4.78, 5) is 2.93. The van der Waals surface area contributed by atoms with Gasteiger partial charge in [0.15, 0.2) is 0 Å². The summed E-state index contributed by atoms with van der Waals surface area (Å²) in [5, 5.41) is 2.88. The minimum Gasteiger partial charge on any atom is -0.598 e. The first-order valence-electron chi connectivity index (χ1n) is 7.80. The first-order chi connectivity index (χ1) is 10.1. The van der Waals surface area contributed by atoms with Crippen molar-refractivity contribution in [3.8, 4) is 0 Å². The van der Waals surface area contributed by atoms with Crippen LogP contribution in [0.2, 0.25) is 0 Å². The number of nitrogens with one attached hydrogen (secondary N) is 2. The summed E-state index contributed by atoms with van der Waals surface area (Å²) in [5.74, 6) is 0. The third-order valence-corrected chi connectivity index (χ3v) is 3.65. The van der Waals surface area contributed by atoms with Gasteiger partial charge in [0, 0.05) is 0 Å². The zero-order valence-electron chi connectivity index (χ0n) is 12.5. The van der Waals surface area contributed by atoms with Gasteiger partial charge in [-0.15, -0.1) is 0 Å². The summed E-state index contributed by atoms with van der Waals surface area (Å²) in [6.07, 6.45) is 7.00. The van der Waals surface area contributed by atoms with E-state index in [-0.39, 0.29) is 11.5 Å². The Morgan fingerprint density at radius 3 is 2.62 bits per heavy atom. The molecule has 0 saturated carbocycles. The Morgan fingerprint density at radius 1 is 1.10 bits per heavy atom. The lowest BCUT2D eigenvalue weighted by molar-refractivity contribution is -0.466. The van der Waals surface area contributed by atoms with Gasteiger partial charge in [-0.1, -0.05) is 56.3 Å². The highest BCUT2D eigenvalue weighted by molar-refractivity contribution is 6.78. The molecule has 0 atom stereocenters. The Kier molecular flexibility index (Phi) is 5.59. The fraction of sp³-hybridized carbons (Fsp3) is 0.533. The van der Waals surface area contributed by atoms with Crippen molar-refractivity contribution in [3.63, 3.8) is 0 Å². The highest BCUT2D eigenvalue weighted by Gasteiger charge is 2.40. The van der Waals surface area contributed by atoms with Gasteiger partial charge in [0.05, 0.1) is 6.54 Å². The molecule has 0 saturated heterocycles. The maximum atomic E-state index is 13.9. The van der Waals surface area contributed by atoms with Crippen LogP contribution in [0, 0.1) is 0 Å². The van der Waals surface area contributed by atoms with Gasteiger partial charge in [0.25, 0.3) is 0 Å². The first-order valence-corrected chi connectivity index (χ1v) is 7.80. The van der Waals surface area contributed by atoms with E-state index in [4.69, 9.17) is 4.65 Å². The van der Waals surface area contributed by atoms with Crippen molar-refractivity contribution in [3.05, 3.63) is 24.3 Å². The van der Waals surface area contributed by atoms with Crippen LogP contribution in [0.4, 0.5) is 14.3 Å². The van der Waals surface area contributed by atoms with E-state index >= 15 is 0 Å². The minimum absolute atomic E-state index is 0.0623. The van der Waals surface area contributed by atoms with Crippen molar-refractivity contribution in [2.45, 2.75) is 45.4 Å². The molecule has 0 radical (unpaired) electrons. The van der Waals surface area contributed by atoms with Gasteiger partial charge in [0.1, 0.15) is 5.69 Å². The Hall–Kier alpha value is -1.59. The smallest absolute Gasteiger partial charge is 0.542 e. The van der Waals surface area contributed by atoms with Crippen LogP contribution in [-0.2, 0) is 4.65 Å². The molecule has 0 aromatic heterocycles. The van der Waals surface area contributed by atoms with Crippen LogP contribution in [0.25, 0.3) is 0 Å². The average molecular weight is 296 g/mol. The van der Waals surface area contributed by atoms with Gasteiger partial charge in [-0.05, 0) is 18.9 Å². The number of anilines is 1. The normalized spacial score (nSPS) is 18.0. The Labute approximate surface area is 124 Å². The SMILES string of the molecule is CCCCCCCC[NH+]=C1Nc2ccccc2[B-](F)(F)O1. The van der Waals surface area contributed by atoms with Crippen LogP contribution < -0.4 is 15.8 Å². The van der Waals surface area contributed by atoms with Crippen molar-refractivity contribution < 1.29 is 18.3 Å². The molecule has 2 N–H and O–H groups in total. The highest BCUT2D eigenvalue weighted by atomic mass is 19.3. The molecule has 3 nitrogen and oxygen atoms in total. The molecule has 1 heterocycles. The zero-order chi connectivity index (χ0) is 15.1. The standard InChI is InChI=1S/C15H22BF2N2O/c1-2-3-4-5-6-9-12-19-15-20-14-11-8-7-10-13(14)16(17,18)21-15/h7-8,10-11H,2-6,9,12H2,1H3,(H,19,20)/q-1/p+1. The number of fused-ring (bicyclic) bond motifs is 1. The monoisotopic (exact) mass is 296 g/mol. The molecule has 1 aliphatic rings. The molecular weight excluding hydrogens is 273 g/mol. The Morgan fingerprint density at radius 2 is 1.81 bits per heavy atom. The quantitative estimate of drug-likeness (QED) is 0.596. The maximum absolute atomic E-state index is 13.9. The molecule has 0 unspecified atom stereocenters. The number of hydrogen-bond donors (Lipinski definition) is 2. The van der Waals surface area contributed by atoms with E-state index in [1.165, 1.54) is 31.7 Å². The summed E-state index contributed by atoms with van der Waals surface area (Å²) in [6.45, 7) is -1.15. The molecule has 0 fully saturated rings. The largest absolute Gasteiger partial charge is 0.598 e. The average Bonchev–Trinajstić information content (AvgIpc) is 2.46. The predicted molar refractivity (Wildman–Crippen MR) is 83.0 cm³/mol. The second kappa shape index (κ2) is 7.43. The molecule has 0 amide bonds. The van der Waals surface area contributed by atoms with Crippen LogP contribution >= 0.6 is 0 Å². The van der Waals surface area contributed by atoms with Crippen molar-refractivity contribution in [1.82, 2.24) is 0 Å². The van der Waals surface area contributed by atoms with E-state index in [2.05, 4.69) is 17.2 Å². The molecule has 1 aromatic carbocycles. The fourth-order valence-electron chi connectivity index (χ4n) is 2.46. The minimum atomic E-state index is -3.98. The number of hydrogen-bond acceptors (Lipinski definition) is 1.